The molecule has 8 heteroatoms. The second-order valence-electron chi connectivity index (χ2n) is 5.76. The van der Waals surface area contributed by atoms with Crippen molar-refractivity contribution in [3.05, 3.63) is 22.7 Å². The quantitative estimate of drug-likeness (QED) is 0.894. The van der Waals surface area contributed by atoms with Crippen LogP contribution in [-0.4, -0.2) is 36.4 Å². The van der Waals surface area contributed by atoms with Gasteiger partial charge in [0, 0.05) is 12.0 Å². The van der Waals surface area contributed by atoms with Crippen molar-refractivity contribution < 1.29 is 19.0 Å². The summed E-state index contributed by atoms with van der Waals surface area (Å²) >= 11 is 1.38. The molecule has 3 rings (SSSR count). The fourth-order valence-electron chi connectivity index (χ4n) is 2.31. The number of methoxy groups -OCH3 is 1. The van der Waals surface area contributed by atoms with Gasteiger partial charge in [-0.15, -0.1) is 10.2 Å². The average Bonchev–Trinajstić information content (AvgIpc) is 2.99. The number of benzene rings is 1. The summed E-state index contributed by atoms with van der Waals surface area (Å²) in [5, 5.41) is 12.2. The van der Waals surface area contributed by atoms with E-state index in [1.54, 1.807) is 12.1 Å². The molecule has 0 radical (unpaired) electrons. The molecule has 0 unspecified atom stereocenters. The standard InChI is InChI=1S/C16H19N3O4S/c1-9(2)6-13-18-19-16(24-13)17-15(20)10-7-11(21-3)14-12(8-10)22-4-5-23-14/h7-9H,4-6H2,1-3H3,(H,17,19,20). The highest BCUT2D eigenvalue weighted by Gasteiger charge is 2.21. The molecule has 1 aliphatic heterocycles. The van der Waals surface area contributed by atoms with Crippen LogP contribution in [0.1, 0.15) is 29.2 Å². The Kier molecular flexibility index (Phi) is 4.84. The first-order chi connectivity index (χ1) is 11.6. The lowest BCUT2D eigenvalue weighted by molar-refractivity contribution is 0.102. The topological polar surface area (TPSA) is 82.6 Å². The summed E-state index contributed by atoms with van der Waals surface area (Å²) in [6.45, 7) is 5.12. The van der Waals surface area contributed by atoms with Gasteiger partial charge in [0.25, 0.3) is 5.91 Å². The number of anilines is 1. The number of carbonyl (C=O) groups is 1. The molecular weight excluding hydrogens is 330 g/mol. The summed E-state index contributed by atoms with van der Waals surface area (Å²) in [5.74, 6) is 1.69. The number of ether oxygens (including phenoxy) is 3. The van der Waals surface area contributed by atoms with Gasteiger partial charge in [0.1, 0.15) is 18.2 Å². The Morgan fingerprint density at radius 2 is 2.12 bits per heavy atom. The molecule has 7 nitrogen and oxygen atoms in total. The molecule has 0 fully saturated rings. The summed E-state index contributed by atoms with van der Waals surface area (Å²) < 4.78 is 16.4. The second kappa shape index (κ2) is 7.04. The second-order valence-corrected chi connectivity index (χ2v) is 6.82. The summed E-state index contributed by atoms with van der Waals surface area (Å²) in [7, 11) is 1.53. The number of hydrogen-bond acceptors (Lipinski definition) is 7. The molecule has 2 heterocycles. The molecule has 128 valence electrons. The molecule has 1 N–H and O–H groups in total. The molecule has 24 heavy (non-hydrogen) atoms. The minimum atomic E-state index is -0.294. The normalized spacial score (nSPS) is 13.0. The van der Waals surface area contributed by atoms with Crippen molar-refractivity contribution >= 4 is 22.4 Å². The summed E-state index contributed by atoms with van der Waals surface area (Å²) in [4.78, 5) is 12.5. The maximum Gasteiger partial charge on any atom is 0.257 e. The lowest BCUT2D eigenvalue weighted by Crippen LogP contribution is -2.18. The number of aromatic nitrogens is 2. The molecule has 1 amide bonds. The Labute approximate surface area is 144 Å². The van der Waals surface area contributed by atoms with Crippen LogP contribution in [0.2, 0.25) is 0 Å². The zero-order valence-corrected chi connectivity index (χ0v) is 14.6. The minimum absolute atomic E-state index is 0.294. The van der Waals surface area contributed by atoms with Gasteiger partial charge in [-0.1, -0.05) is 25.2 Å². The van der Waals surface area contributed by atoms with E-state index in [1.165, 1.54) is 18.4 Å². The van der Waals surface area contributed by atoms with Gasteiger partial charge in [0.05, 0.1) is 7.11 Å². The molecule has 0 atom stereocenters. The molecule has 0 aliphatic carbocycles. The fourth-order valence-corrected chi connectivity index (χ4v) is 3.26. The van der Waals surface area contributed by atoms with Crippen LogP contribution in [0.25, 0.3) is 0 Å². The smallest absolute Gasteiger partial charge is 0.257 e. The van der Waals surface area contributed by atoms with Gasteiger partial charge in [-0.2, -0.15) is 0 Å². The summed E-state index contributed by atoms with van der Waals surface area (Å²) in [6.07, 6.45) is 0.839. The number of nitrogens with zero attached hydrogens (tertiary/aromatic N) is 2. The van der Waals surface area contributed by atoms with E-state index in [1.807, 2.05) is 0 Å². The van der Waals surface area contributed by atoms with Crippen molar-refractivity contribution in [1.82, 2.24) is 10.2 Å². The van der Waals surface area contributed by atoms with Crippen molar-refractivity contribution in [2.24, 2.45) is 5.92 Å². The van der Waals surface area contributed by atoms with Crippen molar-refractivity contribution in [2.75, 3.05) is 25.6 Å². The maximum atomic E-state index is 12.5. The van der Waals surface area contributed by atoms with E-state index < -0.39 is 0 Å². The van der Waals surface area contributed by atoms with Gasteiger partial charge in [-0.05, 0) is 18.1 Å². The zero-order valence-electron chi connectivity index (χ0n) is 13.8. The largest absolute Gasteiger partial charge is 0.493 e. The number of nitrogens with one attached hydrogen (secondary N) is 1. The highest BCUT2D eigenvalue weighted by atomic mass is 32.1. The SMILES string of the molecule is COc1cc(C(=O)Nc2nnc(CC(C)C)s2)cc2c1OCCO2. The minimum Gasteiger partial charge on any atom is -0.493 e. The van der Waals surface area contributed by atoms with Gasteiger partial charge in [-0.25, -0.2) is 0 Å². The van der Waals surface area contributed by atoms with Crippen LogP contribution in [0, 0.1) is 5.92 Å². The van der Waals surface area contributed by atoms with Gasteiger partial charge in [-0.3, -0.25) is 10.1 Å². The van der Waals surface area contributed by atoms with Crippen molar-refractivity contribution in [3.63, 3.8) is 0 Å². The first-order valence-electron chi connectivity index (χ1n) is 7.68. The predicted molar refractivity (Wildman–Crippen MR) is 90.4 cm³/mol. The van der Waals surface area contributed by atoms with Crippen LogP contribution in [0.3, 0.4) is 0 Å². The van der Waals surface area contributed by atoms with Crippen molar-refractivity contribution in [2.45, 2.75) is 20.3 Å². The Hall–Kier alpha value is -2.35. The lowest BCUT2D eigenvalue weighted by atomic mass is 10.1. The molecule has 1 aromatic heterocycles. The van der Waals surface area contributed by atoms with Crippen molar-refractivity contribution in [3.8, 4) is 17.2 Å². The zero-order chi connectivity index (χ0) is 17.1. The third-order valence-electron chi connectivity index (χ3n) is 3.36. The van der Waals surface area contributed by atoms with Gasteiger partial charge in [0.15, 0.2) is 11.5 Å². The third-order valence-corrected chi connectivity index (χ3v) is 4.22. The summed E-state index contributed by atoms with van der Waals surface area (Å²) in [6, 6.07) is 3.27. The number of hydrogen-bond donors (Lipinski definition) is 1. The van der Waals surface area contributed by atoms with E-state index >= 15 is 0 Å². The van der Waals surface area contributed by atoms with E-state index in [0.29, 0.717) is 47.1 Å². The highest BCUT2D eigenvalue weighted by molar-refractivity contribution is 7.15. The lowest BCUT2D eigenvalue weighted by Gasteiger charge is -2.21. The molecule has 0 saturated heterocycles. The highest BCUT2D eigenvalue weighted by Crippen LogP contribution is 2.40. The van der Waals surface area contributed by atoms with Gasteiger partial charge >= 0.3 is 0 Å². The molecule has 2 aromatic rings. The predicted octanol–water partition coefficient (Wildman–Crippen LogP) is 2.77. The van der Waals surface area contributed by atoms with Crippen LogP contribution in [0.15, 0.2) is 12.1 Å². The number of carbonyl (C=O) groups excluding carboxylic acids is 1. The monoisotopic (exact) mass is 349 g/mol. The van der Waals surface area contributed by atoms with Crippen LogP contribution < -0.4 is 19.5 Å². The Balaban J connectivity index is 1.78. The molecular formula is C16H19N3O4S. The molecule has 0 spiro atoms. The van der Waals surface area contributed by atoms with E-state index in [2.05, 4.69) is 29.4 Å². The van der Waals surface area contributed by atoms with Gasteiger partial charge < -0.3 is 14.2 Å². The van der Waals surface area contributed by atoms with Crippen LogP contribution >= 0.6 is 11.3 Å². The van der Waals surface area contributed by atoms with E-state index in [-0.39, 0.29) is 5.91 Å². The van der Waals surface area contributed by atoms with Gasteiger partial charge in [0.2, 0.25) is 10.9 Å². The van der Waals surface area contributed by atoms with E-state index in [4.69, 9.17) is 14.2 Å². The van der Waals surface area contributed by atoms with Crippen LogP contribution in [0.5, 0.6) is 17.2 Å². The summed E-state index contributed by atoms with van der Waals surface area (Å²) in [5.41, 5.74) is 0.414. The molecule has 0 bridgehead atoms. The number of amides is 1. The molecule has 1 aromatic carbocycles. The Morgan fingerprint density at radius 3 is 2.88 bits per heavy atom. The number of rotatable bonds is 5. The molecule has 1 aliphatic rings. The number of fused-ring (bicyclic) bond motifs is 1. The Bertz CT molecular complexity index is 728. The molecule has 0 saturated carbocycles. The first kappa shape index (κ1) is 16.5. The van der Waals surface area contributed by atoms with E-state index in [9.17, 15) is 4.79 Å². The first-order valence-corrected chi connectivity index (χ1v) is 8.50. The van der Waals surface area contributed by atoms with Crippen LogP contribution in [0.4, 0.5) is 5.13 Å². The average molecular weight is 349 g/mol. The Morgan fingerprint density at radius 1 is 1.33 bits per heavy atom. The van der Waals surface area contributed by atoms with E-state index in [0.717, 1.165) is 11.4 Å². The van der Waals surface area contributed by atoms with Crippen molar-refractivity contribution in [1.29, 1.82) is 0 Å². The fraction of sp³-hybridized carbons (Fsp3) is 0.438. The van der Waals surface area contributed by atoms with Crippen LogP contribution in [-0.2, 0) is 6.42 Å². The maximum absolute atomic E-state index is 12.5. The third kappa shape index (κ3) is 3.59.